The predicted octanol–water partition coefficient (Wildman–Crippen LogP) is 4.59. The number of hydrogen-bond acceptors (Lipinski definition) is 4. The summed E-state index contributed by atoms with van der Waals surface area (Å²) in [6.45, 7) is 3.37. The number of nitrogens with one attached hydrogen (secondary N) is 2. The van der Waals surface area contributed by atoms with Gasteiger partial charge in [0.2, 0.25) is 5.91 Å². The van der Waals surface area contributed by atoms with E-state index in [1.165, 1.54) is 0 Å². The second kappa shape index (κ2) is 9.94. The summed E-state index contributed by atoms with van der Waals surface area (Å²) in [5.41, 5.74) is 5.48. The van der Waals surface area contributed by atoms with E-state index in [4.69, 9.17) is 11.6 Å². The van der Waals surface area contributed by atoms with Crippen LogP contribution in [0.4, 0.5) is 11.4 Å². The van der Waals surface area contributed by atoms with Crippen LogP contribution in [0.25, 0.3) is 11.3 Å². The highest BCUT2D eigenvalue weighted by atomic mass is 35.5. The van der Waals surface area contributed by atoms with Crippen molar-refractivity contribution >= 4 is 46.1 Å². The highest BCUT2D eigenvalue weighted by molar-refractivity contribution is 6.38. The Morgan fingerprint density at radius 2 is 1.69 bits per heavy atom. The molecule has 5 rings (SSSR count). The summed E-state index contributed by atoms with van der Waals surface area (Å²) >= 11 is 6.14. The Labute approximate surface area is 210 Å². The molecule has 0 aliphatic carbocycles. The van der Waals surface area contributed by atoms with Crippen molar-refractivity contribution in [3.8, 4) is 0 Å². The minimum absolute atomic E-state index is 0.156. The van der Waals surface area contributed by atoms with Gasteiger partial charge in [-0.3, -0.25) is 9.59 Å². The number of rotatable bonds is 5. The summed E-state index contributed by atoms with van der Waals surface area (Å²) in [6, 6.07) is 23.0. The van der Waals surface area contributed by atoms with Gasteiger partial charge in [0.05, 0.1) is 23.4 Å². The number of anilines is 2. The monoisotopic (exact) mass is 486 g/mol. The van der Waals surface area contributed by atoms with Gasteiger partial charge in [-0.2, -0.15) is 0 Å². The average molecular weight is 487 g/mol. The van der Waals surface area contributed by atoms with E-state index in [2.05, 4.69) is 22.6 Å². The lowest BCUT2D eigenvalue weighted by Gasteiger charge is -2.32. The maximum atomic E-state index is 13.0. The van der Waals surface area contributed by atoms with Gasteiger partial charge in [0.1, 0.15) is 0 Å². The zero-order valence-electron chi connectivity index (χ0n) is 19.6. The lowest BCUT2D eigenvalue weighted by molar-refractivity contribution is -0.132. The fourth-order valence-electron chi connectivity index (χ4n) is 4.47. The first-order chi connectivity index (χ1) is 17.0. The third kappa shape index (κ3) is 5.09. The zero-order chi connectivity index (χ0) is 24.4. The number of fused-ring (bicyclic) bond motifs is 1. The molecular weight excluding hydrogens is 460 g/mol. The molecule has 0 atom stereocenters. The lowest BCUT2D eigenvalue weighted by Crippen LogP contribution is -2.47. The topological polar surface area (TPSA) is 64.7 Å². The van der Waals surface area contributed by atoms with Crippen LogP contribution in [0.3, 0.4) is 0 Å². The van der Waals surface area contributed by atoms with Gasteiger partial charge in [0.15, 0.2) is 0 Å². The zero-order valence-corrected chi connectivity index (χ0v) is 20.3. The second-order valence-corrected chi connectivity index (χ2v) is 9.38. The van der Waals surface area contributed by atoms with Gasteiger partial charge in [-0.05, 0) is 42.4 Å². The SMILES string of the molecule is CN1CCN(C(=O)Cc2ccc(N/C(=C3\C(=O)Nc4cc(Cl)ccc43)c3ccccc3)cc2)CC1. The Kier molecular flexibility index (Phi) is 6.57. The van der Waals surface area contributed by atoms with Crippen LogP contribution in [0.5, 0.6) is 0 Å². The Bertz CT molecular complexity index is 1280. The number of benzene rings is 3. The van der Waals surface area contributed by atoms with Crippen LogP contribution in [0, 0.1) is 0 Å². The molecule has 35 heavy (non-hydrogen) atoms. The van der Waals surface area contributed by atoms with E-state index < -0.39 is 0 Å². The van der Waals surface area contributed by atoms with E-state index >= 15 is 0 Å². The largest absolute Gasteiger partial charge is 0.354 e. The number of amides is 2. The van der Waals surface area contributed by atoms with Gasteiger partial charge in [0.25, 0.3) is 5.91 Å². The molecule has 1 fully saturated rings. The molecule has 6 nitrogen and oxygen atoms in total. The van der Waals surface area contributed by atoms with Gasteiger partial charge in [-0.25, -0.2) is 0 Å². The molecular formula is C28H27ClN4O2. The van der Waals surface area contributed by atoms with Crippen molar-refractivity contribution < 1.29 is 9.59 Å². The van der Waals surface area contributed by atoms with Crippen LogP contribution in [-0.2, 0) is 16.0 Å². The Hall–Kier alpha value is -3.61. The number of carbonyl (C=O) groups excluding carboxylic acids is 2. The average Bonchev–Trinajstić information content (AvgIpc) is 3.19. The fourth-order valence-corrected chi connectivity index (χ4v) is 4.64. The molecule has 2 heterocycles. The summed E-state index contributed by atoms with van der Waals surface area (Å²) in [7, 11) is 2.08. The first kappa shape index (κ1) is 23.1. The smallest absolute Gasteiger partial charge is 0.258 e. The van der Waals surface area contributed by atoms with Crippen molar-refractivity contribution in [3.05, 3.63) is 94.5 Å². The molecule has 7 heteroatoms. The van der Waals surface area contributed by atoms with Gasteiger partial charge in [-0.1, -0.05) is 60.1 Å². The molecule has 0 radical (unpaired) electrons. The van der Waals surface area contributed by atoms with Crippen LogP contribution in [0.15, 0.2) is 72.8 Å². The molecule has 2 aliphatic rings. The number of halogens is 1. The normalized spacial score (nSPS) is 17.1. The third-order valence-electron chi connectivity index (χ3n) is 6.47. The Morgan fingerprint density at radius 1 is 0.971 bits per heavy atom. The number of nitrogens with zero attached hydrogens (tertiary/aromatic N) is 2. The third-order valence-corrected chi connectivity index (χ3v) is 6.71. The first-order valence-corrected chi connectivity index (χ1v) is 12.1. The number of likely N-dealkylation sites (N-methyl/N-ethyl adjacent to an activating group) is 1. The van der Waals surface area contributed by atoms with Gasteiger partial charge >= 0.3 is 0 Å². The van der Waals surface area contributed by atoms with E-state index in [-0.39, 0.29) is 11.8 Å². The van der Waals surface area contributed by atoms with E-state index in [0.717, 1.165) is 48.6 Å². The molecule has 3 aromatic carbocycles. The van der Waals surface area contributed by atoms with Crippen LogP contribution in [0.2, 0.25) is 5.02 Å². The van der Waals surface area contributed by atoms with E-state index in [0.29, 0.717) is 28.4 Å². The van der Waals surface area contributed by atoms with Crippen LogP contribution >= 0.6 is 11.6 Å². The highest BCUT2D eigenvalue weighted by Crippen LogP contribution is 2.38. The maximum Gasteiger partial charge on any atom is 0.258 e. The van der Waals surface area contributed by atoms with Crippen LogP contribution < -0.4 is 10.6 Å². The Morgan fingerprint density at radius 3 is 2.40 bits per heavy atom. The molecule has 0 aromatic heterocycles. The summed E-state index contributed by atoms with van der Waals surface area (Å²) in [4.78, 5) is 29.9. The van der Waals surface area contributed by atoms with Crippen molar-refractivity contribution in [2.24, 2.45) is 0 Å². The second-order valence-electron chi connectivity index (χ2n) is 8.94. The van der Waals surface area contributed by atoms with Gasteiger partial charge in [-0.15, -0.1) is 0 Å². The van der Waals surface area contributed by atoms with Crippen molar-refractivity contribution in [1.82, 2.24) is 9.80 Å². The predicted molar refractivity (Wildman–Crippen MR) is 141 cm³/mol. The van der Waals surface area contributed by atoms with Crippen LogP contribution in [-0.4, -0.2) is 54.8 Å². The summed E-state index contributed by atoms with van der Waals surface area (Å²) < 4.78 is 0. The van der Waals surface area contributed by atoms with Crippen molar-refractivity contribution in [2.45, 2.75) is 6.42 Å². The summed E-state index contributed by atoms with van der Waals surface area (Å²) in [5, 5.41) is 6.95. The number of hydrogen-bond donors (Lipinski definition) is 2. The maximum absolute atomic E-state index is 13.0. The molecule has 1 saturated heterocycles. The molecule has 3 aromatic rings. The molecule has 2 aliphatic heterocycles. The summed E-state index contributed by atoms with van der Waals surface area (Å²) in [6.07, 6.45) is 0.382. The minimum atomic E-state index is -0.178. The van der Waals surface area contributed by atoms with Crippen LogP contribution in [0.1, 0.15) is 16.7 Å². The molecule has 178 valence electrons. The number of piperazine rings is 1. The van der Waals surface area contributed by atoms with Gasteiger partial charge < -0.3 is 20.4 Å². The molecule has 2 N–H and O–H groups in total. The molecule has 0 unspecified atom stereocenters. The number of carbonyl (C=O) groups is 2. The van der Waals surface area contributed by atoms with Gasteiger partial charge in [0, 0.05) is 42.5 Å². The minimum Gasteiger partial charge on any atom is -0.354 e. The summed E-state index contributed by atoms with van der Waals surface area (Å²) in [5.74, 6) is -0.0215. The molecule has 0 bridgehead atoms. The van der Waals surface area contributed by atoms with Crippen molar-refractivity contribution in [1.29, 1.82) is 0 Å². The quantitative estimate of drug-likeness (QED) is 0.518. The molecule has 0 saturated carbocycles. The van der Waals surface area contributed by atoms with E-state index in [1.54, 1.807) is 12.1 Å². The Balaban J connectivity index is 1.40. The lowest BCUT2D eigenvalue weighted by atomic mass is 10.00. The molecule has 2 amide bonds. The standard InChI is InChI=1S/C28H27ClN4O2/c1-32-13-15-33(16-14-32)25(34)17-19-7-10-22(11-8-19)30-27(20-5-3-2-4-6-20)26-23-12-9-21(29)18-24(23)31-28(26)35/h2-12,18,30H,13-17H2,1H3,(H,31,35)/b27-26-. The fraction of sp³-hybridized carbons (Fsp3) is 0.214. The van der Waals surface area contributed by atoms with E-state index in [9.17, 15) is 9.59 Å². The van der Waals surface area contributed by atoms with Crippen molar-refractivity contribution in [3.63, 3.8) is 0 Å². The molecule has 0 spiro atoms. The van der Waals surface area contributed by atoms with Crippen molar-refractivity contribution in [2.75, 3.05) is 43.9 Å². The van der Waals surface area contributed by atoms with E-state index in [1.807, 2.05) is 65.6 Å². The first-order valence-electron chi connectivity index (χ1n) is 11.7. The highest BCUT2D eigenvalue weighted by Gasteiger charge is 2.28.